The van der Waals surface area contributed by atoms with Crippen molar-refractivity contribution in [3.63, 3.8) is 0 Å². The van der Waals surface area contributed by atoms with Crippen LogP contribution in [0.3, 0.4) is 0 Å². The van der Waals surface area contributed by atoms with E-state index in [2.05, 4.69) is 0 Å². The molecule has 1 atom stereocenters. The van der Waals surface area contributed by atoms with E-state index < -0.39 is 6.10 Å². The first-order chi connectivity index (χ1) is 11.2. The number of nitrogens with zero attached hydrogens (tertiary/aromatic N) is 1. The lowest BCUT2D eigenvalue weighted by Crippen LogP contribution is -2.38. The second kappa shape index (κ2) is 6.97. The molecule has 1 amide bonds. The summed E-state index contributed by atoms with van der Waals surface area (Å²) >= 11 is 0. The van der Waals surface area contributed by atoms with Crippen LogP contribution < -0.4 is 0 Å². The number of aliphatic hydroxyl groups is 1. The third-order valence-corrected chi connectivity index (χ3v) is 4.52. The fourth-order valence-electron chi connectivity index (χ4n) is 2.99. The van der Waals surface area contributed by atoms with Crippen LogP contribution in [0.4, 0.5) is 0 Å². The lowest BCUT2D eigenvalue weighted by molar-refractivity contribution is -0.132. The van der Waals surface area contributed by atoms with E-state index >= 15 is 0 Å². The van der Waals surface area contributed by atoms with Gasteiger partial charge < -0.3 is 10.0 Å². The molecule has 0 radical (unpaired) electrons. The van der Waals surface area contributed by atoms with E-state index in [0.29, 0.717) is 12.5 Å². The Labute approximate surface area is 137 Å². The van der Waals surface area contributed by atoms with Gasteiger partial charge in [-0.2, -0.15) is 0 Å². The summed E-state index contributed by atoms with van der Waals surface area (Å²) in [5.41, 5.74) is 1.97. The second-order valence-corrected chi connectivity index (χ2v) is 6.38. The quantitative estimate of drug-likeness (QED) is 0.891. The molecule has 2 aromatic carbocycles. The van der Waals surface area contributed by atoms with Crippen molar-refractivity contribution in [1.82, 2.24) is 4.90 Å². The third kappa shape index (κ3) is 3.80. The van der Waals surface area contributed by atoms with Crippen molar-refractivity contribution in [2.45, 2.75) is 24.9 Å². The van der Waals surface area contributed by atoms with Crippen molar-refractivity contribution in [2.75, 3.05) is 13.6 Å². The molecule has 1 aliphatic carbocycles. The Morgan fingerprint density at radius 2 is 1.52 bits per heavy atom. The minimum Gasteiger partial charge on any atom is -0.391 e. The number of benzene rings is 2. The molecule has 1 N–H and O–H groups in total. The van der Waals surface area contributed by atoms with Crippen molar-refractivity contribution in [1.29, 1.82) is 0 Å². The minimum absolute atomic E-state index is 0.0297. The van der Waals surface area contributed by atoms with Gasteiger partial charge in [0.15, 0.2) is 0 Å². The van der Waals surface area contributed by atoms with Crippen molar-refractivity contribution >= 4 is 5.91 Å². The van der Waals surface area contributed by atoms with Gasteiger partial charge in [-0.15, -0.1) is 0 Å². The second-order valence-electron chi connectivity index (χ2n) is 6.38. The molecule has 1 fully saturated rings. The fourth-order valence-corrected chi connectivity index (χ4v) is 2.99. The summed E-state index contributed by atoms with van der Waals surface area (Å²) in [5.74, 6) is 0.0769. The van der Waals surface area contributed by atoms with E-state index in [1.165, 1.54) is 0 Å². The van der Waals surface area contributed by atoms with E-state index in [9.17, 15) is 9.90 Å². The summed E-state index contributed by atoms with van der Waals surface area (Å²) in [6.07, 6.45) is 1.74. The Morgan fingerprint density at radius 1 is 1.04 bits per heavy atom. The maximum Gasteiger partial charge on any atom is 0.234 e. The molecule has 0 spiro atoms. The molecular weight excluding hydrogens is 286 g/mol. The van der Waals surface area contributed by atoms with Gasteiger partial charge in [-0.25, -0.2) is 0 Å². The van der Waals surface area contributed by atoms with Gasteiger partial charge in [0.1, 0.15) is 0 Å². The molecule has 0 bridgehead atoms. The van der Waals surface area contributed by atoms with Crippen LogP contribution in [0.2, 0.25) is 0 Å². The molecule has 2 aromatic rings. The van der Waals surface area contributed by atoms with Crippen molar-refractivity contribution in [3.05, 3.63) is 71.8 Å². The van der Waals surface area contributed by atoms with Gasteiger partial charge in [0.2, 0.25) is 5.91 Å². The smallest absolute Gasteiger partial charge is 0.234 e. The maximum atomic E-state index is 13.0. The normalized spacial score (nSPS) is 15.4. The highest BCUT2D eigenvalue weighted by Crippen LogP contribution is 2.33. The number of carbonyl (C=O) groups is 1. The highest BCUT2D eigenvalue weighted by molar-refractivity contribution is 5.87. The lowest BCUT2D eigenvalue weighted by atomic mass is 9.90. The maximum absolute atomic E-state index is 13.0. The molecule has 1 saturated carbocycles. The Hall–Kier alpha value is -2.13. The summed E-state index contributed by atoms with van der Waals surface area (Å²) in [6, 6.07) is 19.7. The molecule has 0 aliphatic heterocycles. The SMILES string of the molecule is CN(CC(O)C1CC1)C(=O)C(c1ccccc1)c1ccccc1. The molecule has 1 unspecified atom stereocenters. The molecule has 0 saturated heterocycles. The molecule has 1 aliphatic rings. The zero-order valence-corrected chi connectivity index (χ0v) is 13.4. The van der Waals surface area contributed by atoms with Crippen LogP contribution in [0.15, 0.2) is 60.7 Å². The van der Waals surface area contributed by atoms with E-state index in [1.807, 2.05) is 60.7 Å². The number of aliphatic hydroxyl groups excluding tert-OH is 1. The largest absolute Gasteiger partial charge is 0.391 e. The van der Waals surface area contributed by atoms with Crippen LogP contribution in [-0.2, 0) is 4.79 Å². The number of hydrogen-bond acceptors (Lipinski definition) is 2. The molecule has 3 heteroatoms. The highest BCUT2D eigenvalue weighted by atomic mass is 16.3. The van der Waals surface area contributed by atoms with E-state index in [0.717, 1.165) is 24.0 Å². The van der Waals surface area contributed by atoms with Gasteiger partial charge in [0, 0.05) is 13.6 Å². The van der Waals surface area contributed by atoms with Gasteiger partial charge in [0.25, 0.3) is 0 Å². The molecular formula is C20H23NO2. The Morgan fingerprint density at radius 3 is 1.96 bits per heavy atom. The minimum atomic E-state index is -0.406. The van der Waals surface area contributed by atoms with Crippen molar-refractivity contribution < 1.29 is 9.90 Å². The van der Waals surface area contributed by atoms with Crippen LogP contribution in [0.5, 0.6) is 0 Å². The Bertz CT molecular complexity index is 598. The summed E-state index contributed by atoms with van der Waals surface area (Å²) in [7, 11) is 1.78. The highest BCUT2D eigenvalue weighted by Gasteiger charge is 2.33. The summed E-state index contributed by atoms with van der Waals surface area (Å²) in [4.78, 5) is 14.7. The third-order valence-electron chi connectivity index (χ3n) is 4.52. The summed E-state index contributed by atoms with van der Waals surface area (Å²) in [6.45, 7) is 0.402. The standard InChI is InChI=1S/C20H23NO2/c1-21(14-18(22)15-12-13-15)20(23)19(16-8-4-2-5-9-16)17-10-6-3-7-11-17/h2-11,15,18-19,22H,12-14H2,1H3. The van der Waals surface area contributed by atoms with Crippen LogP contribution in [0.1, 0.15) is 29.9 Å². The van der Waals surface area contributed by atoms with Gasteiger partial charge in [-0.1, -0.05) is 60.7 Å². The first-order valence-corrected chi connectivity index (χ1v) is 8.19. The van der Waals surface area contributed by atoms with Gasteiger partial charge in [-0.05, 0) is 29.9 Å². The average molecular weight is 309 g/mol. The fraction of sp³-hybridized carbons (Fsp3) is 0.350. The summed E-state index contributed by atoms with van der Waals surface area (Å²) < 4.78 is 0. The summed E-state index contributed by atoms with van der Waals surface area (Å²) in [5, 5.41) is 10.1. The van der Waals surface area contributed by atoms with Crippen LogP contribution in [0.25, 0.3) is 0 Å². The van der Waals surface area contributed by atoms with Gasteiger partial charge in [-0.3, -0.25) is 4.79 Å². The molecule has 0 aromatic heterocycles. The van der Waals surface area contributed by atoms with Gasteiger partial charge in [0.05, 0.1) is 12.0 Å². The van der Waals surface area contributed by atoms with Crippen molar-refractivity contribution in [3.8, 4) is 0 Å². The number of hydrogen-bond donors (Lipinski definition) is 1. The Kier molecular flexibility index (Phi) is 4.77. The molecule has 3 nitrogen and oxygen atoms in total. The van der Waals surface area contributed by atoms with Crippen LogP contribution in [0, 0.1) is 5.92 Å². The number of rotatable bonds is 6. The monoisotopic (exact) mass is 309 g/mol. The average Bonchev–Trinajstić information content (AvgIpc) is 3.42. The first-order valence-electron chi connectivity index (χ1n) is 8.19. The van der Waals surface area contributed by atoms with Crippen LogP contribution >= 0.6 is 0 Å². The Balaban J connectivity index is 1.84. The predicted octanol–water partition coefficient (Wildman–Crippen LogP) is 3.05. The number of likely N-dealkylation sites (N-methyl/N-ethyl adjacent to an activating group) is 1. The number of carbonyl (C=O) groups excluding carboxylic acids is 1. The topological polar surface area (TPSA) is 40.5 Å². The number of amides is 1. The zero-order chi connectivity index (χ0) is 16.2. The van der Waals surface area contributed by atoms with Crippen LogP contribution in [-0.4, -0.2) is 35.6 Å². The van der Waals surface area contributed by atoms with E-state index in [4.69, 9.17) is 0 Å². The molecule has 23 heavy (non-hydrogen) atoms. The van der Waals surface area contributed by atoms with E-state index in [-0.39, 0.29) is 11.8 Å². The predicted molar refractivity (Wildman–Crippen MR) is 91.1 cm³/mol. The molecule has 3 rings (SSSR count). The first kappa shape index (κ1) is 15.8. The lowest BCUT2D eigenvalue weighted by Gasteiger charge is -2.26. The zero-order valence-electron chi connectivity index (χ0n) is 13.4. The van der Waals surface area contributed by atoms with Crippen molar-refractivity contribution in [2.24, 2.45) is 5.92 Å². The van der Waals surface area contributed by atoms with Gasteiger partial charge >= 0.3 is 0 Å². The molecule has 120 valence electrons. The molecule has 0 heterocycles. The van der Waals surface area contributed by atoms with E-state index in [1.54, 1.807) is 11.9 Å².